The standard InChI is InChI=1S/C25H38O2/c1-4-5-11-23(2)12-10-22-21-7-6-18-17-25(26-15-16-27-25)14-9-19(18)20(21)8-13-24(22,23)3/h8,21-22H,4-7,9-17H2,1-3H3/t21-,22+,23+,24+/m1/s1. The van der Waals surface area contributed by atoms with Crippen LogP contribution in [0.5, 0.6) is 0 Å². The SMILES string of the molecule is CCCC[C@@]1(C)CC[C@H]2[C@@H]3CCC4=C(CCC5(C4)OCCO5)C3=CC[C@@]21C. The molecule has 5 rings (SSSR count). The van der Waals surface area contributed by atoms with Gasteiger partial charge in [-0.1, -0.05) is 45.3 Å². The lowest BCUT2D eigenvalue weighted by Crippen LogP contribution is -2.44. The van der Waals surface area contributed by atoms with Crippen molar-refractivity contribution in [3.63, 3.8) is 0 Å². The summed E-state index contributed by atoms with van der Waals surface area (Å²) < 4.78 is 12.1. The second-order valence-electron chi connectivity index (χ2n) is 10.6. The third-order valence-electron chi connectivity index (χ3n) is 9.50. The van der Waals surface area contributed by atoms with Crippen LogP contribution < -0.4 is 0 Å². The van der Waals surface area contributed by atoms with Crippen molar-refractivity contribution < 1.29 is 9.47 Å². The third kappa shape index (κ3) is 2.65. The first-order valence-electron chi connectivity index (χ1n) is 11.7. The lowest BCUT2D eigenvalue weighted by Gasteiger charge is -2.52. The number of hydrogen-bond acceptors (Lipinski definition) is 2. The number of unbranched alkanes of at least 4 members (excludes halogenated alkanes) is 1. The molecule has 1 aliphatic heterocycles. The van der Waals surface area contributed by atoms with Gasteiger partial charge in [0.15, 0.2) is 5.79 Å². The Morgan fingerprint density at radius 1 is 1.07 bits per heavy atom. The van der Waals surface area contributed by atoms with E-state index in [4.69, 9.17) is 9.47 Å². The molecule has 0 aromatic heterocycles. The highest BCUT2D eigenvalue weighted by atomic mass is 16.7. The van der Waals surface area contributed by atoms with E-state index in [1.165, 1.54) is 57.8 Å². The maximum atomic E-state index is 6.04. The Balaban J connectivity index is 1.43. The maximum absolute atomic E-state index is 6.04. The molecule has 4 aliphatic carbocycles. The summed E-state index contributed by atoms with van der Waals surface area (Å²) in [5.41, 5.74) is 6.21. The molecule has 5 aliphatic rings. The van der Waals surface area contributed by atoms with Gasteiger partial charge in [-0.15, -0.1) is 0 Å². The van der Waals surface area contributed by atoms with E-state index in [1.54, 1.807) is 16.7 Å². The van der Waals surface area contributed by atoms with Crippen molar-refractivity contribution in [1.29, 1.82) is 0 Å². The molecule has 27 heavy (non-hydrogen) atoms. The van der Waals surface area contributed by atoms with Crippen LogP contribution in [0.2, 0.25) is 0 Å². The zero-order valence-corrected chi connectivity index (χ0v) is 17.7. The van der Waals surface area contributed by atoms with Gasteiger partial charge >= 0.3 is 0 Å². The summed E-state index contributed by atoms with van der Waals surface area (Å²) in [6, 6.07) is 0. The van der Waals surface area contributed by atoms with E-state index < -0.39 is 0 Å². The fourth-order valence-electron chi connectivity index (χ4n) is 7.61. The summed E-state index contributed by atoms with van der Waals surface area (Å²) in [6.07, 6.45) is 17.0. The van der Waals surface area contributed by atoms with E-state index in [9.17, 15) is 0 Å². The minimum atomic E-state index is -0.262. The van der Waals surface area contributed by atoms with Gasteiger partial charge in [0.1, 0.15) is 0 Å². The third-order valence-corrected chi connectivity index (χ3v) is 9.50. The van der Waals surface area contributed by atoms with Gasteiger partial charge in [0.2, 0.25) is 0 Å². The molecule has 150 valence electrons. The Kier molecular flexibility index (Phi) is 4.41. The van der Waals surface area contributed by atoms with E-state index in [1.807, 2.05) is 0 Å². The van der Waals surface area contributed by atoms with Crippen LogP contribution >= 0.6 is 0 Å². The number of allylic oxidation sites excluding steroid dienone is 3. The highest BCUT2D eigenvalue weighted by Crippen LogP contribution is 2.67. The summed E-state index contributed by atoms with van der Waals surface area (Å²) in [5.74, 6) is 1.47. The molecule has 2 heteroatoms. The van der Waals surface area contributed by atoms with Gasteiger partial charge in [0.25, 0.3) is 0 Å². The van der Waals surface area contributed by atoms with E-state index in [-0.39, 0.29) is 5.79 Å². The van der Waals surface area contributed by atoms with Crippen molar-refractivity contribution in [3.05, 3.63) is 22.8 Å². The van der Waals surface area contributed by atoms with Crippen molar-refractivity contribution in [2.45, 2.75) is 97.2 Å². The molecule has 0 aromatic rings. The molecule has 1 heterocycles. The molecule has 2 fully saturated rings. The zero-order valence-electron chi connectivity index (χ0n) is 17.7. The summed E-state index contributed by atoms with van der Waals surface area (Å²) in [4.78, 5) is 0. The van der Waals surface area contributed by atoms with E-state index in [2.05, 4.69) is 26.8 Å². The first kappa shape index (κ1) is 18.4. The van der Waals surface area contributed by atoms with Crippen LogP contribution in [-0.2, 0) is 9.47 Å². The maximum Gasteiger partial charge on any atom is 0.172 e. The largest absolute Gasteiger partial charge is 0.347 e. The molecule has 1 saturated carbocycles. The second-order valence-corrected chi connectivity index (χ2v) is 10.6. The van der Waals surface area contributed by atoms with Gasteiger partial charge in [-0.05, 0) is 78.8 Å². The van der Waals surface area contributed by atoms with Crippen molar-refractivity contribution in [2.24, 2.45) is 22.7 Å². The van der Waals surface area contributed by atoms with Crippen LogP contribution in [-0.4, -0.2) is 19.0 Å². The monoisotopic (exact) mass is 370 g/mol. The minimum Gasteiger partial charge on any atom is -0.347 e. The van der Waals surface area contributed by atoms with E-state index in [0.717, 1.165) is 37.9 Å². The Morgan fingerprint density at radius 2 is 1.89 bits per heavy atom. The van der Waals surface area contributed by atoms with Crippen LogP contribution in [0.4, 0.5) is 0 Å². The fraction of sp³-hybridized carbons (Fsp3) is 0.840. The molecule has 0 bridgehead atoms. The number of fused-ring (bicyclic) bond motifs is 4. The predicted molar refractivity (Wildman–Crippen MR) is 109 cm³/mol. The molecule has 1 spiro atoms. The Labute approximate surface area is 165 Å². The van der Waals surface area contributed by atoms with Crippen molar-refractivity contribution in [2.75, 3.05) is 13.2 Å². The molecular formula is C25H38O2. The molecular weight excluding hydrogens is 332 g/mol. The molecule has 0 amide bonds. The quantitative estimate of drug-likeness (QED) is 0.560. The number of ether oxygens (including phenoxy) is 2. The van der Waals surface area contributed by atoms with Gasteiger partial charge in [-0.25, -0.2) is 0 Å². The van der Waals surface area contributed by atoms with Gasteiger partial charge in [0.05, 0.1) is 13.2 Å². The van der Waals surface area contributed by atoms with E-state index >= 15 is 0 Å². The predicted octanol–water partition coefficient (Wildman–Crippen LogP) is 6.56. The van der Waals surface area contributed by atoms with E-state index in [0.29, 0.717) is 10.8 Å². The minimum absolute atomic E-state index is 0.262. The normalized spacial score (nSPS) is 42.7. The summed E-state index contributed by atoms with van der Waals surface area (Å²) in [7, 11) is 0. The Hall–Kier alpha value is -0.600. The fourth-order valence-corrected chi connectivity index (χ4v) is 7.61. The molecule has 0 radical (unpaired) electrons. The smallest absolute Gasteiger partial charge is 0.172 e. The van der Waals surface area contributed by atoms with Crippen LogP contribution in [0.1, 0.15) is 91.4 Å². The van der Waals surface area contributed by atoms with Gasteiger partial charge < -0.3 is 9.47 Å². The summed E-state index contributed by atoms with van der Waals surface area (Å²) in [6.45, 7) is 9.18. The number of hydrogen-bond donors (Lipinski definition) is 0. The lowest BCUT2D eigenvalue weighted by atomic mass is 9.53. The molecule has 0 unspecified atom stereocenters. The average molecular weight is 371 g/mol. The highest BCUT2D eigenvalue weighted by Gasteiger charge is 2.58. The Morgan fingerprint density at radius 3 is 2.67 bits per heavy atom. The first-order valence-corrected chi connectivity index (χ1v) is 11.7. The lowest BCUT2D eigenvalue weighted by molar-refractivity contribution is -0.164. The van der Waals surface area contributed by atoms with Crippen molar-refractivity contribution in [3.8, 4) is 0 Å². The highest BCUT2D eigenvalue weighted by molar-refractivity contribution is 5.44. The molecule has 0 N–H and O–H groups in total. The number of rotatable bonds is 3. The summed E-state index contributed by atoms with van der Waals surface area (Å²) in [5, 5.41) is 0. The molecule has 2 nitrogen and oxygen atoms in total. The van der Waals surface area contributed by atoms with Crippen molar-refractivity contribution in [1.82, 2.24) is 0 Å². The Bertz CT molecular complexity index is 668. The average Bonchev–Trinajstić information content (AvgIpc) is 3.22. The van der Waals surface area contributed by atoms with Crippen LogP contribution in [0, 0.1) is 22.7 Å². The van der Waals surface area contributed by atoms with Crippen LogP contribution in [0.25, 0.3) is 0 Å². The first-order chi connectivity index (χ1) is 13.0. The van der Waals surface area contributed by atoms with Gasteiger partial charge in [-0.2, -0.15) is 0 Å². The molecule has 0 aromatic carbocycles. The van der Waals surface area contributed by atoms with Crippen LogP contribution in [0.15, 0.2) is 22.8 Å². The van der Waals surface area contributed by atoms with Gasteiger partial charge in [0, 0.05) is 12.8 Å². The van der Waals surface area contributed by atoms with Gasteiger partial charge in [-0.3, -0.25) is 0 Å². The molecule has 1 saturated heterocycles. The second kappa shape index (κ2) is 6.46. The molecule has 4 atom stereocenters. The topological polar surface area (TPSA) is 18.5 Å². The zero-order chi connectivity index (χ0) is 18.7. The van der Waals surface area contributed by atoms with Crippen molar-refractivity contribution >= 4 is 0 Å². The summed E-state index contributed by atoms with van der Waals surface area (Å²) >= 11 is 0. The van der Waals surface area contributed by atoms with Crippen LogP contribution in [0.3, 0.4) is 0 Å².